The molecule has 0 saturated heterocycles. The molecule has 0 saturated carbocycles. The fourth-order valence-electron chi connectivity index (χ4n) is 2.34. The number of hydrogen-bond donors (Lipinski definition) is 1. The molecule has 0 aliphatic heterocycles. The minimum Gasteiger partial charge on any atom is -0.322 e. The molecule has 0 heterocycles. The summed E-state index contributed by atoms with van der Waals surface area (Å²) in [6, 6.07) is 23.3. The molecule has 3 aromatic rings. The summed E-state index contributed by atoms with van der Waals surface area (Å²) in [5, 5.41) is 13.5. The second-order valence-corrected chi connectivity index (χ2v) is 6.61. The first kappa shape index (κ1) is 17.7. The first-order valence-electron chi connectivity index (χ1n) is 7.94. The Labute approximate surface area is 155 Å². The first-order valence-corrected chi connectivity index (χ1v) is 8.93. The summed E-state index contributed by atoms with van der Waals surface area (Å²) in [4.78, 5) is 23.5. The summed E-state index contributed by atoms with van der Waals surface area (Å²) >= 11 is 1.69. The van der Waals surface area contributed by atoms with Crippen LogP contribution in [0.2, 0.25) is 0 Å². The van der Waals surface area contributed by atoms with Crippen LogP contribution in [0.15, 0.2) is 83.8 Å². The Morgan fingerprint density at radius 2 is 1.69 bits per heavy atom. The molecular formula is C20H16N2O3S. The standard InChI is InChI=1S/C20H16N2O3S/c23-20(16-9-11-18(12-10-16)22(24)25)21-17-7-4-8-19(13-17)26-14-15-5-2-1-3-6-15/h1-13H,14H2,(H,21,23). The molecule has 0 spiro atoms. The Hall–Kier alpha value is -3.12. The highest BCUT2D eigenvalue weighted by Gasteiger charge is 2.10. The molecule has 26 heavy (non-hydrogen) atoms. The Morgan fingerprint density at radius 3 is 2.38 bits per heavy atom. The number of rotatable bonds is 6. The SMILES string of the molecule is O=C(Nc1cccc(SCc2ccccc2)c1)c1ccc([N+](=O)[O-])cc1. The van der Waals surface area contributed by atoms with Crippen LogP contribution in [-0.4, -0.2) is 10.8 Å². The normalized spacial score (nSPS) is 10.3. The molecule has 0 aromatic heterocycles. The third kappa shape index (κ3) is 4.70. The van der Waals surface area contributed by atoms with E-state index < -0.39 is 4.92 Å². The Balaban J connectivity index is 1.64. The molecule has 0 atom stereocenters. The van der Waals surface area contributed by atoms with Crippen molar-refractivity contribution in [3.05, 3.63) is 100 Å². The number of non-ortho nitro benzene ring substituents is 1. The van der Waals surface area contributed by atoms with E-state index in [-0.39, 0.29) is 11.6 Å². The molecule has 1 N–H and O–H groups in total. The zero-order valence-corrected chi connectivity index (χ0v) is 14.6. The maximum atomic E-state index is 12.3. The molecule has 130 valence electrons. The van der Waals surface area contributed by atoms with Crippen molar-refractivity contribution in [2.24, 2.45) is 0 Å². The summed E-state index contributed by atoms with van der Waals surface area (Å²) in [5.74, 6) is 0.547. The monoisotopic (exact) mass is 364 g/mol. The highest BCUT2D eigenvalue weighted by atomic mass is 32.2. The third-order valence-corrected chi connectivity index (χ3v) is 4.75. The van der Waals surface area contributed by atoms with Crippen LogP contribution in [0.25, 0.3) is 0 Å². The van der Waals surface area contributed by atoms with Gasteiger partial charge in [-0.2, -0.15) is 0 Å². The summed E-state index contributed by atoms with van der Waals surface area (Å²) in [7, 11) is 0. The maximum Gasteiger partial charge on any atom is 0.269 e. The lowest BCUT2D eigenvalue weighted by atomic mass is 10.2. The quantitative estimate of drug-likeness (QED) is 0.373. The van der Waals surface area contributed by atoms with E-state index in [1.807, 2.05) is 42.5 Å². The average molecular weight is 364 g/mol. The van der Waals surface area contributed by atoms with E-state index in [1.165, 1.54) is 29.8 Å². The predicted octanol–water partition coefficient (Wildman–Crippen LogP) is 5.14. The van der Waals surface area contributed by atoms with E-state index in [1.54, 1.807) is 11.8 Å². The highest BCUT2D eigenvalue weighted by Crippen LogP contribution is 2.25. The molecular weight excluding hydrogens is 348 g/mol. The zero-order chi connectivity index (χ0) is 18.4. The number of anilines is 1. The van der Waals surface area contributed by atoms with Gasteiger partial charge in [-0.25, -0.2) is 0 Å². The van der Waals surface area contributed by atoms with Crippen LogP contribution in [0, 0.1) is 10.1 Å². The van der Waals surface area contributed by atoms with Crippen molar-refractivity contribution in [1.82, 2.24) is 0 Å². The number of benzene rings is 3. The number of thioether (sulfide) groups is 1. The van der Waals surface area contributed by atoms with Gasteiger partial charge in [0, 0.05) is 34.0 Å². The van der Waals surface area contributed by atoms with Crippen molar-refractivity contribution < 1.29 is 9.72 Å². The molecule has 0 unspecified atom stereocenters. The summed E-state index contributed by atoms with van der Waals surface area (Å²) in [6.45, 7) is 0. The van der Waals surface area contributed by atoms with Gasteiger partial charge in [-0.3, -0.25) is 14.9 Å². The molecule has 0 radical (unpaired) electrons. The van der Waals surface area contributed by atoms with Crippen molar-refractivity contribution in [2.45, 2.75) is 10.6 Å². The van der Waals surface area contributed by atoms with Gasteiger partial charge in [0.25, 0.3) is 11.6 Å². The number of nitro benzene ring substituents is 1. The van der Waals surface area contributed by atoms with Crippen molar-refractivity contribution in [1.29, 1.82) is 0 Å². The fourth-order valence-corrected chi connectivity index (χ4v) is 3.25. The number of amides is 1. The minimum atomic E-state index is -0.491. The van der Waals surface area contributed by atoms with E-state index in [2.05, 4.69) is 17.4 Å². The molecule has 0 fully saturated rings. The Bertz CT molecular complexity index is 912. The van der Waals surface area contributed by atoms with Crippen LogP contribution in [-0.2, 0) is 5.75 Å². The van der Waals surface area contributed by atoms with Gasteiger partial charge in [0.1, 0.15) is 0 Å². The zero-order valence-electron chi connectivity index (χ0n) is 13.8. The third-order valence-electron chi connectivity index (χ3n) is 3.68. The van der Waals surface area contributed by atoms with Gasteiger partial charge in [0.15, 0.2) is 0 Å². The van der Waals surface area contributed by atoms with Crippen LogP contribution in [0.1, 0.15) is 15.9 Å². The lowest BCUT2D eigenvalue weighted by Crippen LogP contribution is -2.11. The maximum absolute atomic E-state index is 12.3. The van der Waals surface area contributed by atoms with Gasteiger partial charge in [-0.1, -0.05) is 36.4 Å². The number of nitro groups is 1. The Morgan fingerprint density at radius 1 is 0.962 bits per heavy atom. The van der Waals surface area contributed by atoms with Gasteiger partial charge in [0.2, 0.25) is 0 Å². The molecule has 3 rings (SSSR count). The number of hydrogen-bond acceptors (Lipinski definition) is 4. The lowest BCUT2D eigenvalue weighted by Gasteiger charge is -2.08. The van der Waals surface area contributed by atoms with Gasteiger partial charge < -0.3 is 5.32 Å². The van der Waals surface area contributed by atoms with E-state index >= 15 is 0 Å². The minimum absolute atomic E-state index is 0.0409. The molecule has 0 aliphatic carbocycles. The number of carbonyl (C=O) groups excluding carboxylic acids is 1. The van der Waals surface area contributed by atoms with Gasteiger partial charge >= 0.3 is 0 Å². The van der Waals surface area contributed by atoms with Crippen LogP contribution in [0.5, 0.6) is 0 Å². The number of nitrogens with zero attached hydrogens (tertiary/aromatic N) is 1. The van der Waals surface area contributed by atoms with Gasteiger partial charge in [-0.05, 0) is 35.9 Å². The smallest absolute Gasteiger partial charge is 0.269 e. The van der Waals surface area contributed by atoms with E-state index in [4.69, 9.17) is 0 Å². The van der Waals surface area contributed by atoms with E-state index in [0.717, 1.165) is 10.6 Å². The van der Waals surface area contributed by atoms with Crippen molar-refractivity contribution in [3.63, 3.8) is 0 Å². The van der Waals surface area contributed by atoms with Crippen LogP contribution in [0.4, 0.5) is 11.4 Å². The van der Waals surface area contributed by atoms with Crippen LogP contribution in [0.3, 0.4) is 0 Å². The Kier molecular flexibility index (Phi) is 5.66. The van der Waals surface area contributed by atoms with Gasteiger partial charge in [0.05, 0.1) is 4.92 Å². The predicted molar refractivity (Wildman–Crippen MR) is 103 cm³/mol. The van der Waals surface area contributed by atoms with E-state index in [9.17, 15) is 14.9 Å². The second-order valence-electron chi connectivity index (χ2n) is 5.56. The number of carbonyl (C=O) groups is 1. The van der Waals surface area contributed by atoms with Crippen LogP contribution < -0.4 is 5.32 Å². The van der Waals surface area contributed by atoms with Crippen molar-refractivity contribution in [2.75, 3.05) is 5.32 Å². The molecule has 0 aliphatic rings. The molecule has 1 amide bonds. The fraction of sp³-hybridized carbons (Fsp3) is 0.0500. The molecule has 3 aromatic carbocycles. The average Bonchev–Trinajstić information content (AvgIpc) is 2.67. The molecule has 0 bridgehead atoms. The van der Waals surface area contributed by atoms with E-state index in [0.29, 0.717) is 11.3 Å². The molecule has 6 heteroatoms. The van der Waals surface area contributed by atoms with Crippen molar-refractivity contribution >= 4 is 29.0 Å². The first-order chi connectivity index (χ1) is 12.6. The van der Waals surface area contributed by atoms with Crippen LogP contribution >= 0.6 is 11.8 Å². The second kappa shape index (κ2) is 8.31. The largest absolute Gasteiger partial charge is 0.322 e. The summed E-state index contributed by atoms with van der Waals surface area (Å²) in [6.07, 6.45) is 0. The summed E-state index contributed by atoms with van der Waals surface area (Å²) < 4.78 is 0. The topological polar surface area (TPSA) is 72.2 Å². The highest BCUT2D eigenvalue weighted by molar-refractivity contribution is 7.98. The number of nitrogens with one attached hydrogen (secondary N) is 1. The van der Waals surface area contributed by atoms with Crippen molar-refractivity contribution in [3.8, 4) is 0 Å². The van der Waals surface area contributed by atoms with Gasteiger partial charge in [-0.15, -0.1) is 11.8 Å². The summed E-state index contributed by atoms with van der Waals surface area (Å²) in [5.41, 5.74) is 2.25. The lowest BCUT2D eigenvalue weighted by molar-refractivity contribution is -0.384. The molecule has 5 nitrogen and oxygen atoms in total.